The number of fused-ring (bicyclic) bond motifs is 1. The van der Waals surface area contributed by atoms with Gasteiger partial charge in [0, 0.05) is 51.6 Å². The SMILES string of the molecule is C[C@@H]1CCCCO[C@H](CN(C)S(=O)(=O)c2ccc(F)cc2)[C@@H](C)CN([C@H](C)CO)C(=O)c2cc(NS(=O)(=O)c3cn(C)cn3)ccc2O1. The van der Waals surface area contributed by atoms with Crippen LogP contribution in [0.25, 0.3) is 0 Å². The van der Waals surface area contributed by atoms with Gasteiger partial charge in [0.15, 0.2) is 5.03 Å². The predicted octanol–water partition coefficient (Wildman–Crippen LogP) is 3.48. The number of nitrogens with zero attached hydrogens (tertiary/aromatic N) is 4. The number of rotatable bonds is 9. The standard InChI is InChI=1S/C32H44FN5O8S2/c1-22-17-38(23(2)20-39)32(40)28-16-26(35-47(41,42)31-19-36(4)21-34-31)11-14-29(28)46-24(3)8-6-7-15-45-30(22)18-37(5)48(43,44)27-12-9-25(33)10-13-27/h9-14,16,19,21-24,30,35,39H,6-8,15,17-18,20H2,1-5H3/t22-,23+,24+,30+/m0/s1. The van der Waals surface area contributed by atoms with E-state index in [9.17, 15) is 31.1 Å². The van der Waals surface area contributed by atoms with Gasteiger partial charge in [0.25, 0.3) is 15.9 Å². The van der Waals surface area contributed by atoms with Crippen molar-refractivity contribution in [1.29, 1.82) is 0 Å². The average Bonchev–Trinajstić information content (AvgIpc) is 3.49. The molecule has 1 aliphatic heterocycles. The van der Waals surface area contributed by atoms with Gasteiger partial charge in [-0.2, -0.15) is 12.7 Å². The molecule has 2 aromatic carbocycles. The molecule has 0 aliphatic carbocycles. The number of carbonyl (C=O) groups excluding carboxylic acids is 1. The van der Waals surface area contributed by atoms with Crippen molar-refractivity contribution in [2.24, 2.45) is 13.0 Å². The molecule has 16 heteroatoms. The number of aryl methyl sites for hydroxylation is 1. The molecule has 0 unspecified atom stereocenters. The number of aromatic nitrogens is 2. The van der Waals surface area contributed by atoms with Gasteiger partial charge in [-0.3, -0.25) is 9.52 Å². The van der Waals surface area contributed by atoms with Gasteiger partial charge < -0.3 is 24.0 Å². The molecule has 264 valence electrons. The van der Waals surface area contributed by atoms with E-state index in [1.807, 2.05) is 13.8 Å². The fourth-order valence-corrected chi connectivity index (χ4v) is 7.54. The largest absolute Gasteiger partial charge is 0.490 e. The minimum absolute atomic E-state index is 0.0496. The first-order valence-electron chi connectivity index (χ1n) is 15.7. The molecule has 0 bridgehead atoms. The summed E-state index contributed by atoms with van der Waals surface area (Å²) in [4.78, 5) is 19.6. The molecule has 4 atom stereocenters. The molecule has 3 aromatic rings. The van der Waals surface area contributed by atoms with Crippen molar-refractivity contribution in [3.63, 3.8) is 0 Å². The number of sulfonamides is 2. The molecule has 0 saturated heterocycles. The highest BCUT2D eigenvalue weighted by Crippen LogP contribution is 2.29. The molecular formula is C32H44FN5O8S2. The summed E-state index contributed by atoms with van der Waals surface area (Å²) in [7, 11) is -4.99. The predicted molar refractivity (Wildman–Crippen MR) is 177 cm³/mol. The van der Waals surface area contributed by atoms with Crippen LogP contribution in [0.5, 0.6) is 5.75 Å². The van der Waals surface area contributed by atoms with E-state index >= 15 is 0 Å². The molecule has 0 radical (unpaired) electrons. The Bertz CT molecular complexity index is 1770. The van der Waals surface area contributed by atoms with Crippen LogP contribution in [0.1, 0.15) is 50.4 Å². The Hall–Kier alpha value is -3.57. The summed E-state index contributed by atoms with van der Waals surface area (Å²) in [6.45, 7) is 5.35. The first-order valence-corrected chi connectivity index (χ1v) is 18.6. The number of aliphatic hydroxyl groups excluding tert-OH is 1. The molecule has 2 heterocycles. The number of hydrogen-bond acceptors (Lipinski definition) is 9. The van der Waals surface area contributed by atoms with E-state index in [1.54, 1.807) is 14.0 Å². The number of aliphatic hydroxyl groups is 1. The summed E-state index contributed by atoms with van der Waals surface area (Å²) in [6.07, 6.45) is 3.78. The zero-order valence-electron chi connectivity index (χ0n) is 27.7. The van der Waals surface area contributed by atoms with Crippen LogP contribution < -0.4 is 9.46 Å². The van der Waals surface area contributed by atoms with Gasteiger partial charge in [0.2, 0.25) is 10.0 Å². The van der Waals surface area contributed by atoms with Crippen LogP contribution in [0, 0.1) is 11.7 Å². The number of anilines is 1. The zero-order chi connectivity index (χ0) is 35.2. The van der Waals surface area contributed by atoms with E-state index in [4.69, 9.17) is 9.47 Å². The molecule has 1 aliphatic rings. The number of benzene rings is 2. The van der Waals surface area contributed by atoms with Crippen molar-refractivity contribution < 1.29 is 40.6 Å². The monoisotopic (exact) mass is 709 g/mol. The minimum atomic E-state index is -4.07. The number of imidazole rings is 1. The molecule has 13 nitrogen and oxygen atoms in total. The van der Waals surface area contributed by atoms with Gasteiger partial charge in [-0.15, -0.1) is 0 Å². The third-order valence-corrected chi connectivity index (χ3v) is 11.3. The van der Waals surface area contributed by atoms with Crippen LogP contribution in [0.3, 0.4) is 0 Å². The van der Waals surface area contributed by atoms with Gasteiger partial charge in [-0.25, -0.2) is 17.8 Å². The Labute approximate surface area is 281 Å². The Morgan fingerprint density at radius 3 is 2.48 bits per heavy atom. The molecule has 0 spiro atoms. The highest BCUT2D eigenvalue weighted by molar-refractivity contribution is 7.92. The Morgan fingerprint density at radius 1 is 1.12 bits per heavy atom. The van der Waals surface area contributed by atoms with E-state index in [0.717, 1.165) is 22.9 Å². The molecule has 48 heavy (non-hydrogen) atoms. The smallest absolute Gasteiger partial charge is 0.280 e. The maximum absolute atomic E-state index is 14.3. The van der Waals surface area contributed by atoms with Crippen molar-refractivity contribution >= 4 is 31.6 Å². The highest BCUT2D eigenvalue weighted by atomic mass is 32.2. The average molecular weight is 710 g/mol. The highest BCUT2D eigenvalue weighted by Gasteiger charge is 2.33. The Balaban J connectivity index is 1.67. The lowest BCUT2D eigenvalue weighted by molar-refractivity contribution is -0.00834. The van der Waals surface area contributed by atoms with Crippen molar-refractivity contribution in [1.82, 2.24) is 18.8 Å². The van der Waals surface area contributed by atoms with Crippen LogP contribution in [0.2, 0.25) is 0 Å². The third kappa shape index (κ3) is 9.11. The maximum Gasteiger partial charge on any atom is 0.280 e. The van der Waals surface area contributed by atoms with Crippen molar-refractivity contribution in [2.45, 2.75) is 68.2 Å². The number of ether oxygens (including phenoxy) is 2. The third-order valence-electron chi connectivity index (χ3n) is 8.22. The van der Waals surface area contributed by atoms with Gasteiger partial charge in [-0.05, 0) is 75.6 Å². The van der Waals surface area contributed by atoms with Crippen LogP contribution in [0.4, 0.5) is 10.1 Å². The lowest BCUT2D eigenvalue weighted by atomic mass is 10.0. The van der Waals surface area contributed by atoms with Crippen molar-refractivity contribution in [3.05, 3.63) is 66.4 Å². The summed E-state index contributed by atoms with van der Waals surface area (Å²) < 4.78 is 83.8. The van der Waals surface area contributed by atoms with Gasteiger partial charge in [0.05, 0.1) is 41.6 Å². The number of halogens is 1. The quantitative estimate of drug-likeness (QED) is 0.339. The molecule has 4 rings (SSSR count). The van der Waals surface area contributed by atoms with Crippen LogP contribution >= 0.6 is 0 Å². The normalized spacial score (nSPS) is 20.9. The number of amides is 1. The van der Waals surface area contributed by atoms with Gasteiger partial charge in [-0.1, -0.05) is 6.92 Å². The van der Waals surface area contributed by atoms with E-state index in [0.29, 0.717) is 19.4 Å². The Morgan fingerprint density at radius 2 is 1.83 bits per heavy atom. The van der Waals surface area contributed by atoms with E-state index in [-0.39, 0.29) is 52.7 Å². The summed E-state index contributed by atoms with van der Waals surface area (Å²) in [5.41, 5.74) is 0.199. The van der Waals surface area contributed by atoms with Crippen LogP contribution in [-0.2, 0) is 31.8 Å². The number of likely N-dealkylation sites (N-methyl/N-ethyl adjacent to an activating group) is 1. The van der Waals surface area contributed by atoms with E-state index in [2.05, 4.69) is 9.71 Å². The second-order valence-electron chi connectivity index (χ2n) is 12.2. The fraction of sp³-hybridized carbons (Fsp3) is 0.500. The molecule has 0 fully saturated rings. The second-order valence-corrected chi connectivity index (χ2v) is 15.9. The number of carbonyl (C=O) groups is 1. The van der Waals surface area contributed by atoms with Gasteiger partial charge in [0.1, 0.15) is 11.6 Å². The maximum atomic E-state index is 14.3. The van der Waals surface area contributed by atoms with Crippen molar-refractivity contribution in [2.75, 3.05) is 38.1 Å². The topological polar surface area (TPSA) is 160 Å². The van der Waals surface area contributed by atoms with Crippen LogP contribution in [0.15, 0.2) is 64.9 Å². The number of hydrogen-bond donors (Lipinski definition) is 2. The first-order chi connectivity index (χ1) is 22.6. The zero-order valence-corrected chi connectivity index (χ0v) is 29.4. The first kappa shape index (κ1) is 37.3. The van der Waals surface area contributed by atoms with Gasteiger partial charge >= 0.3 is 0 Å². The summed E-state index contributed by atoms with van der Waals surface area (Å²) in [5.74, 6) is -1.24. The molecule has 2 N–H and O–H groups in total. The minimum Gasteiger partial charge on any atom is -0.490 e. The lowest BCUT2D eigenvalue weighted by Crippen LogP contribution is -2.48. The van der Waals surface area contributed by atoms with E-state index < -0.39 is 49.8 Å². The second kappa shape index (κ2) is 15.8. The number of nitrogens with one attached hydrogen (secondary N) is 1. The van der Waals surface area contributed by atoms with Crippen LogP contribution in [-0.4, -0.2) is 98.2 Å². The molecular weight excluding hydrogens is 666 g/mol. The Kier molecular flexibility index (Phi) is 12.2. The molecule has 1 amide bonds. The molecule has 0 saturated carbocycles. The fourth-order valence-electron chi connectivity index (χ4n) is 5.32. The summed E-state index contributed by atoms with van der Waals surface area (Å²) in [5, 5.41) is 9.99. The summed E-state index contributed by atoms with van der Waals surface area (Å²) in [6, 6.07) is 8.34. The molecule has 1 aromatic heterocycles. The lowest BCUT2D eigenvalue weighted by Gasteiger charge is -2.35. The van der Waals surface area contributed by atoms with E-state index in [1.165, 1.54) is 59.4 Å². The van der Waals surface area contributed by atoms with Crippen molar-refractivity contribution in [3.8, 4) is 5.75 Å². The summed E-state index contributed by atoms with van der Waals surface area (Å²) >= 11 is 0.